The van der Waals surface area contributed by atoms with E-state index in [-0.39, 0.29) is 35.8 Å². The summed E-state index contributed by atoms with van der Waals surface area (Å²) < 4.78 is 27.3. The molecule has 0 aliphatic carbocycles. The molecule has 1 fully saturated rings. The van der Waals surface area contributed by atoms with E-state index >= 15 is 0 Å². The van der Waals surface area contributed by atoms with Crippen molar-refractivity contribution < 1.29 is 8.42 Å². The van der Waals surface area contributed by atoms with E-state index in [9.17, 15) is 8.42 Å². The third-order valence-corrected chi connectivity index (χ3v) is 6.22. The first-order valence-corrected chi connectivity index (χ1v) is 11.4. The lowest BCUT2D eigenvalue weighted by Crippen LogP contribution is -2.48. The maximum atomic E-state index is 12.3. The molecule has 0 amide bonds. The van der Waals surface area contributed by atoms with Crippen LogP contribution in [-0.4, -0.2) is 45.5 Å². The molecule has 1 aromatic carbocycles. The number of aliphatic imine (C=N–C) groups is 1. The largest absolute Gasteiger partial charge is 0.352 e. The van der Waals surface area contributed by atoms with Crippen molar-refractivity contribution in [1.82, 2.24) is 14.9 Å². The molecule has 0 radical (unpaired) electrons. The molecule has 28 heavy (non-hydrogen) atoms. The molecule has 2 rings (SSSR count). The van der Waals surface area contributed by atoms with Gasteiger partial charge in [-0.25, -0.2) is 13.1 Å². The van der Waals surface area contributed by atoms with Gasteiger partial charge in [0.2, 0.25) is 10.0 Å². The van der Waals surface area contributed by atoms with E-state index in [2.05, 4.69) is 33.8 Å². The second-order valence-electron chi connectivity index (χ2n) is 8.05. The minimum Gasteiger partial charge on any atom is -0.352 e. The Labute approximate surface area is 187 Å². The summed E-state index contributed by atoms with van der Waals surface area (Å²) in [4.78, 5) is 6.74. The minimum atomic E-state index is -3.35. The predicted molar refractivity (Wildman–Crippen MR) is 127 cm³/mol. The fourth-order valence-corrected chi connectivity index (χ4v) is 5.31. The molecule has 0 saturated carbocycles. The molecule has 1 saturated heterocycles. The standard InChI is InChI=1S/C20H34N4O2S.HI/c1-15(2)23-27(25,26)14-19-9-7-6-8-18(19)11-22-20(21-5)24-12-16(3)10-17(4)13-24;/h6-9,15-17,23H,10-14H2,1-5H3,(H,21,22);1H. The quantitative estimate of drug-likeness (QED) is 0.342. The smallest absolute Gasteiger partial charge is 0.216 e. The molecule has 0 bridgehead atoms. The van der Waals surface area contributed by atoms with Gasteiger partial charge in [0, 0.05) is 32.7 Å². The molecule has 0 spiro atoms. The van der Waals surface area contributed by atoms with Crippen molar-refractivity contribution in [2.75, 3.05) is 20.1 Å². The fourth-order valence-electron chi connectivity index (χ4n) is 3.82. The topological polar surface area (TPSA) is 73.8 Å². The van der Waals surface area contributed by atoms with Crippen LogP contribution in [0.4, 0.5) is 0 Å². The lowest BCUT2D eigenvalue weighted by atomic mass is 9.92. The Hall–Kier alpha value is -0.870. The molecular weight excluding hydrogens is 487 g/mol. The Kier molecular flexibility index (Phi) is 10.2. The Morgan fingerprint density at radius 3 is 2.29 bits per heavy atom. The number of sulfonamides is 1. The zero-order valence-electron chi connectivity index (χ0n) is 17.6. The van der Waals surface area contributed by atoms with E-state index in [4.69, 9.17) is 0 Å². The second-order valence-corrected chi connectivity index (χ2v) is 9.81. The zero-order chi connectivity index (χ0) is 20.0. The third-order valence-electron chi connectivity index (χ3n) is 4.70. The van der Waals surface area contributed by atoms with Gasteiger partial charge in [-0.3, -0.25) is 4.99 Å². The number of hydrogen-bond acceptors (Lipinski definition) is 3. The predicted octanol–water partition coefficient (Wildman–Crippen LogP) is 3.19. The highest BCUT2D eigenvalue weighted by Crippen LogP contribution is 2.21. The van der Waals surface area contributed by atoms with Crippen molar-refractivity contribution >= 4 is 40.0 Å². The van der Waals surface area contributed by atoms with E-state index in [1.54, 1.807) is 7.05 Å². The summed E-state index contributed by atoms with van der Waals surface area (Å²) in [6, 6.07) is 7.57. The number of benzene rings is 1. The number of piperidine rings is 1. The van der Waals surface area contributed by atoms with Crippen LogP contribution < -0.4 is 10.0 Å². The molecule has 1 heterocycles. The highest BCUT2D eigenvalue weighted by Gasteiger charge is 2.24. The molecule has 8 heteroatoms. The van der Waals surface area contributed by atoms with Crippen LogP contribution in [0.3, 0.4) is 0 Å². The van der Waals surface area contributed by atoms with Crippen molar-refractivity contribution in [1.29, 1.82) is 0 Å². The molecule has 0 aromatic heterocycles. The van der Waals surface area contributed by atoms with Gasteiger partial charge < -0.3 is 10.2 Å². The first-order valence-electron chi connectivity index (χ1n) is 9.72. The lowest BCUT2D eigenvalue weighted by molar-refractivity contribution is 0.208. The van der Waals surface area contributed by atoms with Gasteiger partial charge in [0.05, 0.1) is 5.75 Å². The third kappa shape index (κ3) is 7.87. The Bertz CT molecular complexity index is 742. The van der Waals surface area contributed by atoms with Crippen molar-refractivity contribution in [3.8, 4) is 0 Å². The molecule has 1 aliphatic rings. The summed E-state index contributed by atoms with van der Waals surface area (Å²) in [5.74, 6) is 2.16. The van der Waals surface area contributed by atoms with E-state index in [1.165, 1.54) is 6.42 Å². The zero-order valence-corrected chi connectivity index (χ0v) is 20.8. The van der Waals surface area contributed by atoms with Crippen molar-refractivity contribution in [2.45, 2.75) is 52.5 Å². The molecule has 2 atom stereocenters. The van der Waals surface area contributed by atoms with E-state index in [1.807, 2.05) is 38.1 Å². The normalized spacial score (nSPS) is 20.8. The SMILES string of the molecule is CN=C(NCc1ccccc1CS(=O)(=O)NC(C)C)N1CC(C)CC(C)C1.I. The Morgan fingerprint density at radius 1 is 1.18 bits per heavy atom. The number of guanidine groups is 1. The van der Waals surface area contributed by atoms with Gasteiger partial charge in [-0.05, 0) is 43.2 Å². The Balaban J connectivity index is 0.00000392. The fraction of sp³-hybridized carbons (Fsp3) is 0.650. The summed E-state index contributed by atoms with van der Waals surface area (Å²) in [7, 11) is -1.55. The van der Waals surface area contributed by atoms with Crippen LogP contribution in [0.5, 0.6) is 0 Å². The Morgan fingerprint density at radius 2 is 1.75 bits per heavy atom. The molecule has 1 aliphatic heterocycles. The van der Waals surface area contributed by atoms with Gasteiger partial charge >= 0.3 is 0 Å². The second kappa shape index (κ2) is 11.3. The van der Waals surface area contributed by atoms with E-state index < -0.39 is 10.0 Å². The number of halogens is 1. The van der Waals surface area contributed by atoms with Gasteiger partial charge in [-0.15, -0.1) is 24.0 Å². The summed E-state index contributed by atoms with van der Waals surface area (Å²) >= 11 is 0. The summed E-state index contributed by atoms with van der Waals surface area (Å²) in [6.45, 7) is 10.8. The van der Waals surface area contributed by atoms with Crippen LogP contribution in [0.15, 0.2) is 29.3 Å². The van der Waals surface area contributed by atoms with Gasteiger partial charge in [0.15, 0.2) is 5.96 Å². The van der Waals surface area contributed by atoms with Gasteiger partial charge in [0.1, 0.15) is 0 Å². The average Bonchev–Trinajstić information content (AvgIpc) is 2.54. The van der Waals surface area contributed by atoms with Crippen LogP contribution >= 0.6 is 24.0 Å². The van der Waals surface area contributed by atoms with Crippen LogP contribution in [0.2, 0.25) is 0 Å². The number of hydrogen-bond donors (Lipinski definition) is 2. The molecule has 2 unspecified atom stereocenters. The van der Waals surface area contributed by atoms with E-state index in [0.717, 1.165) is 30.2 Å². The van der Waals surface area contributed by atoms with E-state index in [0.29, 0.717) is 18.4 Å². The molecule has 160 valence electrons. The maximum Gasteiger partial charge on any atom is 0.216 e. The van der Waals surface area contributed by atoms with Gasteiger partial charge in [-0.2, -0.15) is 0 Å². The average molecular weight is 522 g/mol. The van der Waals surface area contributed by atoms with Crippen molar-refractivity contribution in [3.63, 3.8) is 0 Å². The van der Waals surface area contributed by atoms with Gasteiger partial charge in [-0.1, -0.05) is 38.1 Å². The number of nitrogens with zero attached hydrogens (tertiary/aromatic N) is 2. The number of nitrogens with one attached hydrogen (secondary N) is 2. The highest BCUT2D eigenvalue weighted by atomic mass is 127. The van der Waals surface area contributed by atoms with Gasteiger partial charge in [0.25, 0.3) is 0 Å². The first-order chi connectivity index (χ1) is 12.7. The van der Waals surface area contributed by atoms with Crippen LogP contribution in [-0.2, 0) is 22.3 Å². The minimum absolute atomic E-state index is 0. The van der Waals surface area contributed by atoms with Crippen LogP contribution in [0.1, 0.15) is 45.2 Å². The van der Waals surface area contributed by atoms with Crippen LogP contribution in [0, 0.1) is 11.8 Å². The monoisotopic (exact) mass is 522 g/mol. The summed E-state index contributed by atoms with van der Waals surface area (Å²) in [5.41, 5.74) is 1.79. The highest BCUT2D eigenvalue weighted by molar-refractivity contribution is 14.0. The number of rotatable bonds is 6. The molecule has 6 nitrogen and oxygen atoms in total. The van der Waals surface area contributed by atoms with Crippen LogP contribution in [0.25, 0.3) is 0 Å². The summed E-state index contributed by atoms with van der Waals surface area (Å²) in [5, 5.41) is 3.42. The number of likely N-dealkylation sites (tertiary alicyclic amines) is 1. The van der Waals surface area contributed by atoms with Crippen molar-refractivity contribution in [3.05, 3.63) is 35.4 Å². The molecular formula is C20H35IN4O2S. The lowest BCUT2D eigenvalue weighted by Gasteiger charge is -2.37. The molecule has 2 N–H and O–H groups in total. The first kappa shape index (κ1) is 25.2. The molecule has 1 aromatic rings. The maximum absolute atomic E-state index is 12.3. The summed E-state index contributed by atoms with van der Waals surface area (Å²) in [6.07, 6.45) is 1.25. The van der Waals surface area contributed by atoms with Crippen molar-refractivity contribution in [2.24, 2.45) is 16.8 Å².